The number of rotatable bonds is 10. The summed E-state index contributed by atoms with van der Waals surface area (Å²) in [5.41, 5.74) is 6.68. The SMILES string of the molecule is C[C@H](C[C@H](C)[C@H](O)[C@@H](C)C=CC(=O)O)[C@H](O)CC(=O)c1ccc(N)cc1. The Morgan fingerprint density at radius 1 is 1.08 bits per heavy atom. The highest BCUT2D eigenvalue weighted by Crippen LogP contribution is 2.25. The first-order chi connectivity index (χ1) is 12.1. The van der Waals surface area contributed by atoms with E-state index in [0.29, 0.717) is 17.7 Å². The van der Waals surface area contributed by atoms with Crippen molar-refractivity contribution < 1.29 is 24.9 Å². The molecule has 0 aliphatic rings. The van der Waals surface area contributed by atoms with E-state index in [1.807, 2.05) is 13.8 Å². The molecule has 0 unspecified atom stereocenters. The Balaban J connectivity index is 2.56. The zero-order chi connectivity index (χ0) is 19.9. The van der Waals surface area contributed by atoms with Gasteiger partial charge in [-0.25, -0.2) is 4.79 Å². The fourth-order valence-corrected chi connectivity index (χ4v) is 2.93. The van der Waals surface area contributed by atoms with Crippen LogP contribution in [-0.2, 0) is 4.79 Å². The van der Waals surface area contributed by atoms with E-state index in [4.69, 9.17) is 10.8 Å². The minimum absolute atomic E-state index is 0.00235. The summed E-state index contributed by atoms with van der Waals surface area (Å²) >= 11 is 0. The van der Waals surface area contributed by atoms with E-state index in [2.05, 4.69) is 0 Å². The van der Waals surface area contributed by atoms with Gasteiger partial charge in [0.25, 0.3) is 0 Å². The number of anilines is 1. The lowest BCUT2D eigenvalue weighted by Gasteiger charge is -2.27. The molecule has 5 N–H and O–H groups in total. The molecule has 0 saturated carbocycles. The van der Waals surface area contributed by atoms with Crippen LogP contribution in [0.2, 0.25) is 0 Å². The van der Waals surface area contributed by atoms with Crippen LogP contribution < -0.4 is 5.73 Å². The van der Waals surface area contributed by atoms with Gasteiger partial charge in [0.1, 0.15) is 0 Å². The predicted octanol–water partition coefficient (Wildman–Crippen LogP) is 2.50. The molecular formula is C20H29NO5. The van der Waals surface area contributed by atoms with Crippen molar-refractivity contribution in [1.82, 2.24) is 0 Å². The second kappa shape index (κ2) is 10.1. The molecule has 0 radical (unpaired) electrons. The zero-order valence-electron chi connectivity index (χ0n) is 15.5. The van der Waals surface area contributed by atoms with Gasteiger partial charge in [0.2, 0.25) is 0 Å². The topological polar surface area (TPSA) is 121 Å². The number of carbonyl (C=O) groups excluding carboxylic acids is 1. The molecular weight excluding hydrogens is 334 g/mol. The maximum atomic E-state index is 12.2. The molecule has 0 aliphatic heterocycles. The van der Waals surface area contributed by atoms with Crippen molar-refractivity contribution in [1.29, 1.82) is 0 Å². The van der Waals surface area contributed by atoms with E-state index in [0.717, 1.165) is 6.08 Å². The number of aliphatic hydroxyl groups excluding tert-OH is 2. The van der Waals surface area contributed by atoms with Crippen molar-refractivity contribution in [3.63, 3.8) is 0 Å². The molecule has 5 atom stereocenters. The van der Waals surface area contributed by atoms with Crippen LogP contribution in [0.4, 0.5) is 5.69 Å². The third-order valence-electron chi connectivity index (χ3n) is 4.69. The van der Waals surface area contributed by atoms with Crippen molar-refractivity contribution in [2.24, 2.45) is 17.8 Å². The van der Waals surface area contributed by atoms with E-state index in [1.165, 1.54) is 6.08 Å². The summed E-state index contributed by atoms with van der Waals surface area (Å²) in [6, 6.07) is 6.57. The molecule has 0 amide bonds. The monoisotopic (exact) mass is 363 g/mol. The summed E-state index contributed by atoms with van der Waals surface area (Å²) in [5.74, 6) is -1.87. The Hall–Kier alpha value is -2.18. The van der Waals surface area contributed by atoms with E-state index in [9.17, 15) is 19.8 Å². The summed E-state index contributed by atoms with van der Waals surface area (Å²) in [7, 11) is 0. The molecule has 0 spiro atoms. The van der Waals surface area contributed by atoms with Crippen molar-refractivity contribution in [2.75, 3.05) is 5.73 Å². The fraction of sp³-hybridized carbons (Fsp3) is 0.500. The van der Waals surface area contributed by atoms with Gasteiger partial charge in [-0.3, -0.25) is 4.79 Å². The molecule has 1 rings (SSSR count). The van der Waals surface area contributed by atoms with Crippen LogP contribution in [0.3, 0.4) is 0 Å². The molecule has 0 aliphatic carbocycles. The molecule has 144 valence electrons. The molecule has 26 heavy (non-hydrogen) atoms. The van der Waals surface area contributed by atoms with Gasteiger partial charge in [-0.15, -0.1) is 0 Å². The summed E-state index contributed by atoms with van der Waals surface area (Å²) in [4.78, 5) is 22.8. The maximum Gasteiger partial charge on any atom is 0.327 e. The van der Waals surface area contributed by atoms with Gasteiger partial charge in [-0.1, -0.05) is 26.8 Å². The third kappa shape index (κ3) is 6.98. The average Bonchev–Trinajstić information content (AvgIpc) is 2.59. The van der Waals surface area contributed by atoms with Crippen molar-refractivity contribution in [2.45, 2.75) is 45.8 Å². The Bertz CT molecular complexity index is 626. The molecule has 0 bridgehead atoms. The normalized spacial score (nSPS) is 17.4. The second-order valence-corrected chi connectivity index (χ2v) is 7.05. The summed E-state index contributed by atoms with van der Waals surface area (Å²) < 4.78 is 0. The van der Waals surface area contributed by atoms with Crippen LogP contribution in [0.5, 0.6) is 0 Å². The lowest BCUT2D eigenvalue weighted by Crippen LogP contribution is -2.30. The Kier molecular flexibility index (Phi) is 8.48. The minimum Gasteiger partial charge on any atom is -0.478 e. The summed E-state index contributed by atoms with van der Waals surface area (Å²) in [5, 5.41) is 29.3. The summed E-state index contributed by atoms with van der Waals surface area (Å²) in [6.45, 7) is 5.43. The third-order valence-corrected chi connectivity index (χ3v) is 4.69. The van der Waals surface area contributed by atoms with Crippen molar-refractivity contribution in [3.05, 3.63) is 42.0 Å². The number of Topliss-reactive ketones (excluding diaryl/α,β-unsaturated/α-hetero) is 1. The van der Waals surface area contributed by atoms with Crippen LogP contribution in [0.1, 0.15) is 44.0 Å². The van der Waals surface area contributed by atoms with Gasteiger partial charge in [0, 0.05) is 29.7 Å². The van der Waals surface area contributed by atoms with E-state index in [1.54, 1.807) is 31.2 Å². The standard InChI is InChI=1S/C20H29NO5/c1-12(4-9-19(24)25)20(26)14(3)10-13(2)17(22)11-18(23)15-5-7-16(21)8-6-15/h4-9,12-14,17,20,22,26H,10-11,21H2,1-3H3,(H,24,25)/t12-,13+,14-,17+,20+/m0/s1. The van der Waals surface area contributed by atoms with Gasteiger partial charge in [0.15, 0.2) is 5.78 Å². The van der Waals surface area contributed by atoms with Crippen molar-refractivity contribution in [3.8, 4) is 0 Å². The molecule has 1 aromatic rings. The van der Waals surface area contributed by atoms with Crippen molar-refractivity contribution >= 4 is 17.4 Å². The molecule has 1 aromatic carbocycles. The highest BCUT2D eigenvalue weighted by Gasteiger charge is 2.26. The zero-order valence-corrected chi connectivity index (χ0v) is 15.5. The maximum absolute atomic E-state index is 12.2. The van der Waals surface area contributed by atoms with Crippen LogP contribution >= 0.6 is 0 Å². The number of carboxylic acids is 1. The number of carboxylic acid groups (broad SMARTS) is 1. The number of nitrogens with two attached hydrogens (primary N) is 1. The first-order valence-corrected chi connectivity index (χ1v) is 8.77. The largest absolute Gasteiger partial charge is 0.478 e. The van der Waals surface area contributed by atoms with Crippen LogP contribution in [0.15, 0.2) is 36.4 Å². The number of aliphatic carboxylic acids is 1. The highest BCUT2D eigenvalue weighted by molar-refractivity contribution is 5.96. The van der Waals surface area contributed by atoms with E-state index in [-0.39, 0.29) is 30.0 Å². The first kappa shape index (κ1) is 21.9. The molecule has 6 heteroatoms. The number of nitrogen functional groups attached to an aromatic ring is 1. The molecule has 0 aromatic heterocycles. The number of carbonyl (C=O) groups is 2. The Morgan fingerprint density at radius 3 is 2.19 bits per heavy atom. The van der Waals surface area contributed by atoms with Gasteiger partial charge in [-0.2, -0.15) is 0 Å². The number of aliphatic hydroxyl groups is 2. The predicted molar refractivity (Wildman–Crippen MR) is 101 cm³/mol. The Morgan fingerprint density at radius 2 is 1.65 bits per heavy atom. The molecule has 6 nitrogen and oxygen atoms in total. The fourth-order valence-electron chi connectivity index (χ4n) is 2.93. The average molecular weight is 363 g/mol. The highest BCUT2D eigenvalue weighted by atomic mass is 16.4. The van der Waals surface area contributed by atoms with Crippen LogP contribution in [0.25, 0.3) is 0 Å². The summed E-state index contributed by atoms with van der Waals surface area (Å²) in [6.07, 6.45) is 1.44. The van der Waals surface area contributed by atoms with Gasteiger partial charge in [-0.05, 0) is 42.5 Å². The Labute approximate surface area is 154 Å². The van der Waals surface area contributed by atoms with E-state index >= 15 is 0 Å². The second-order valence-electron chi connectivity index (χ2n) is 7.05. The molecule has 0 saturated heterocycles. The molecule has 0 fully saturated rings. The molecule has 0 heterocycles. The van der Waals surface area contributed by atoms with Gasteiger partial charge < -0.3 is 21.1 Å². The van der Waals surface area contributed by atoms with E-state index < -0.39 is 18.2 Å². The van der Waals surface area contributed by atoms with Crippen LogP contribution in [-0.4, -0.2) is 39.3 Å². The number of benzene rings is 1. The van der Waals surface area contributed by atoms with Gasteiger partial charge >= 0.3 is 5.97 Å². The first-order valence-electron chi connectivity index (χ1n) is 8.77. The van der Waals surface area contributed by atoms with Crippen LogP contribution in [0, 0.1) is 17.8 Å². The lowest BCUT2D eigenvalue weighted by molar-refractivity contribution is -0.131. The lowest BCUT2D eigenvalue weighted by atomic mass is 9.83. The minimum atomic E-state index is -1.05. The van der Waals surface area contributed by atoms with Gasteiger partial charge in [0.05, 0.1) is 12.2 Å². The number of hydrogen-bond acceptors (Lipinski definition) is 5. The number of hydrogen-bond donors (Lipinski definition) is 4. The number of ketones is 1. The smallest absolute Gasteiger partial charge is 0.327 e. The quantitative estimate of drug-likeness (QED) is 0.288.